The fraction of sp³-hybridized carbons (Fsp3) is 0.278. The lowest BCUT2D eigenvalue weighted by atomic mass is 10.2. The number of sulfonamides is 1. The summed E-state index contributed by atoms with van der Waals surface area (Å²) in [6.07, 6.45) is 1.10. The number of likely N-dealkylation sites (N-methyl/N-ethyl adjacent to an activating group) is 1. The smallest absolute Gasteiger partial charge is 0.252 e. The maximum Gasteiger partial charge on any atom is 0.252 e. The van der Waals surface area contributed by atoms with Crippen molar-refractivity contribution in [2.24, 2.45) is 0 Å². The molecule has 2 rings (SSSR count). The van der Waals surface area contributed by atoms with Crippen molar-refractivity contribution in [3.05, 3.63) is 59.1 Å². The van der Waals surface area contributed by atoms with Crippen LogP contribution in [0, 0.1) is 0 Å². The molecule has 0 bridgehead atoms. The van der Waals surface area contributed by atoms with Gasteiger partial charge in [0, 0.05) is 32.9 Å². The molecule has 140 valence electrons. The van der Waals surface area contributed by atoms with E-state index in [2.05, 4.69) is 5.32 Å². The highest BCUT2D eigenvalue weighted by atomic mass is 35.5. The molecule has 1 N–H and O–H groups in total. The Morgan fingerprint density at radius 3 is 2.31 bits per heavy atom. The van der Waals surface area contributed by atoms with Gasteiger partial charge in [-0.1, -0.05) is 29.8 Å². The molecule has 26 heavy (non-hydrogen) atoms. The zero-order chi connectivity index (χ0) is 19.3. The summed E-state index contributed by atoms with van der Waals surface area (Å²) >= 11 is 6.16. The van der Waals surface area contributed by atoms with E-state index < -0.39 is 10.0 Å². The van der Waals surface area contributed by atoms with E-state index in [1.165, 1.54) is 19.2 Å². The van der Waals surface area contributed by atoms with E-state index in [-0.39, 0.29) is 10.9 Å². The molecule has 0 unspecified atom stereocenters. The molecule has 0 fully saturated rings. The van der Waals surface area contributed by atoms with Crippen molar-refractivity contribution >= 4 is 38.9 Å². The molecule has 0 radical (unpaired) electrons. The van der Waals surface area contributed by atoms with Gasteiger partial charge in [-0.25, -0.2) is 8.42 Å². The van der Waals surface area contributed by atoms with Crippen molar-refractivity contribution in [1.82, 2.24) is 5.32 Å². The monoisotopic (exact) mass is 395 g/mol. The number of nitrogens with zero attached hydrogens (tertiary/aromatic N) is 2. The number of carbonyl (C=O) groups excluding carboxylic acids is 1. The van der Waals surface area contributed by atoms with E-state index in [1.54, 1.807) is 6.07 Å². The standard InChI is InChI=1S/C18H22ClN3O3S/c1-21(14-7-5-4-6-8-14)12-11-20-18(23)16-10-9-15(13-17(16)19)22(2)26(3,24)25/h4-10,13H,11-12H2,1-3H3,(H,20,23). The maximum atomic E-state index is 12.3. The number of hydrogen-bond acceptors (Lipinski definition) is 4. The fourth-order valence-corrected chi connectivity index (χ4v) is 3.08. The van der Waals surface area contributed by atoms with E-state index in [4.69, 9.17) is 11.6 Å². The Labute approximate surface area is 159 Å². The topological polar surface area (TPSA) is 69.7 Å². The quantitative estimate of drug-likeness (QED) is 0.782. The largest absolute Gasteiger partial charge is 0.373 e. The molecular weight excluding hydrogens is 374 g/mol. The highest BCUT2D eigenvalue weighted by molar-refractivity contribution is 7.92. The average Bonchev–Trinajstić information content (AvgIpc) is 2.60. The number of anilines is 2. The maximum absolute atomic E-state index is 12.3. The number of amides is 1. The van der Waals surface area contributed by atoms with E-state index in [0.717, 1.165) is 16.2 Å². The van der Waals surface area contributed by atoms with Crippen LogP contribution in [0.3, 0.4) is 0 Å². The Bertz CT molecular complexity index is 873. The highest BCUT2D eigenvalue weighted by Crippen LogP contribution is 2.24. The molecule has 0 atom stereocenters. The van der Waals surface area contributed by atoms with Gasteiger partial charge in [0.05, 0.1) is 22.5 Å². The zero-order valence-electron chi connectivity index (χ0n) is 14.9. The molecule has 2 aromatic rings. The number of hydrogen-bond donors (Lipinski definition) is 1. The molecule has 0 aliphatic heterocycles. The first-order valence-electron chi connectivity index (χ1n) is 7.98. The third-order valence-electron chi connectivity index (χ3n) is 3.99. The van der Waals surface area contributed by atoms with Gasteiger partial charge in [0.1, 0.15) is 0 Å². The molecular formula is C18H22ClN3O3S. The normalized spacial score (nSPS) is 11.1. The molecule has 0 aliphatic carbocycles. The summed E-state index contributed by atoms with van der Waals surface area (Å²) in [6.45, 7) is 1.09. The van der Waals surface area contributed by atoms with Gasteiger partial charge in [-0.15, -0.1) is 0 Å². The van der Waals surface area contributed by atoms with Gasteiger partial charge in [-0.3, -0.25) is 9.10 Å². The second kappa shape index (κ2) is 8.42. The molecule has 8 heteroatoms. The predicted molar refractivity (Wildman–Crippen MR) is 107 cm³/mol. The molecule has 0 spiro atoms. The van der Waals surface area contributed by atoms with E-state index in [9.17, 15) is 13.2 Å². The second-order valence-electron chi connectivity index (χ2n) is 5.91. The van der Waals surface area contributed by atoms with Gasteiger partial charge in [0.2, 0.25) is 10.0 Å². The first-order valence-corrected chi connectivity index (χ1v) is 10.2. The van der Waals surface area contributed by atoms with Crippen molar-refractivity contribution in [3.8, 4) is 0 Å². The Balaban J connectivity index is 1.97. The lowest BCUT2D eigenvalue weighted by Crippen LogP contribution is -2.33. The van der Waals surface area contributed by atoms with Crippen LogP contribution in [0.4, 0.5) is 11.4 Å². The summed E-state index contributed by atoms with van der Waals surface area (Å²) in [7, 11) is -0.00779. The summed E-state index contributed by atoms with van der Waals surface area (Å²) in [6, 6.07) is 14.4. The van der Waals surface area contributed by atoms with Crippen LogP contribution in [-0.2, 0) is 10.0 Å². The summed E-state index contributed by atoms with van der Waals surface area (Å²) in [5.74, 6) is -0.301. The Morgan fingerprint density at radius 1 is 1.08 bits per heavy atom. The number of nitrogens with one attached hydrogen (secondary N) is 1. The molecule has 0 saturated carbocycles. The van der Waals surface area contributed by atoms with Crippen LogP contribution in [0.25, 0.3) is 0 Å². The van der Waals surface area contributed by atoms with Gasteiger partial charge in [-0.2, -0.15) is 0 Å². The average molecular weight is 396 g/mol. The molecule has 0 saturated heterocycles. The minimum absolute atomic E-state index is 0.201. The second-order valence-corrected chi connectivity index (χ2v) is 8.33. The number of para-hydroxylation sites is 1. The fourth-order valence-electron chi connectivity index (χ4n) is 2.32. The Kier molecular flexibility index (Phi) is 6.50. The molecule has 0 aromatic heterocycles. The van der Waals surface area contributed by atoms with Gasteiger partial charge < -0.3 is 10.2 Å². The van der Waals surface area contributed by atoms with Crippen molar-refractivity contribution in [1.29, 1.82) is 0 Å². The molecule has 1 amide bonds. The summed E-state index contributed by atoms with van der Waals surface area (Å²) in [5.41, 5.74) is 1.77. The Morgan fingerprint density at radius 2 is 1.73 bits per heavy atom. The van der Waals surface area contributed by atoms with Gasteiger partial charge >= 0.3 is 0 Å². The Hall–Kier alpha value is -2.25. The van der Waals surface area contributed by atoms with E-state index in [0.29, 0.717) is 24.3 Å². The summed E-state index contributed by atoms with van der Waals surface area (Å²) < 4.78 is 24.3. The van der Waals surface area contributed by atoms with Gasteiger partial charge in [-0.05, 0) is 30.3 Å². The third-order valence-corrected chi connectivity index (χ3v) is 5.51. The lowest BCUT2D eigenvalue weighted by Gasteiger charge is -2.20. The summed E-state index contributed by atoms with van der Waals surface area (Å²) in [4.78, 5) is 14.3. The third kappa shape index (κ3) is 5.12. The lowest BCUT2D eigenvalue weighted by molar-refractivity contribution is 0.0955. The number of halogens is 1. The van der Waals surface area contributed by atoms with Crippen LogP contribution < -0.4 is 14.5 Å². The van der Waals surface area contributed by atoms with Crippen LogP contribution in [0.2, 0.25) is 5.02 Å². The van der Waals surface area contributed by atoms with Crippen molar-refractivity contribution in [2.45, 2.75) is 0 Å². The van der Waals surface area contributed by atoms with E-state index in [1.807, 2.05) is 42.3 Å². The minimum atomic E-state index is -3.39. The van der Waals surface area contributed by atoms with Gasteiger partial charge in [0.15, 0.2) is 0 Å². The van der Waals surface area contributed by atoms with Crippen LogP contribution in [0.5, 0.6) is 0 Å². The van der Waals surface area contributed by atoms with Crippen molar-refractivity contribution in [2.75, 3.05) is 42.6 Å². The molecule has 0 heterocycles. The predicted octanol–water partition coefficient (Wildman–Crippen LogP) is 2.60. The molecule has 0 aliphatic rings. The van der Waals surface area contributed by atoms with Crippen molar-refractivity contribution in [3.63, 3.8) is 0 Å². The number of benzene rings is 2. The van der Waals surface area contributed by atoms with Crippen LogP contribution in [-0.4, -0.2) is 47.8 Å². The summed E-state index contributed by atoms with van der Waals surface area (Å²) in [5, 5.41) is 3.02. The van der Waals surface area contributed by atoms with Gasteiger partial charge in [0.25, 0.3) is 5.91 Å². The molecule has 2 aromatic carbocycles. The van der Waals surface area contributed by atoms with Crippen LogP contribution in [0.15, 0.2) is 48.5 Å². The first-order chi connectivity index (χ1) is 12.2. The molecule has 6 nitrogen and oxygen atoms in total. The van der Waals surface area contributed by atoms with Crippen LogP contribution in [0.1, 0.15) is 10.4 Å². The van der Waals surface area contributed by atoms with Crippen LogP contribution >= 0.6 is 11.6 Å². The number of rotatable bonds is 7. The first kappa shape index (κ1) is 20.1. The highest BCUT2D eigenvalue weighted by Gasteiger charge is 2.16. The van der Waals surface area contributed by atoms with E-state index >= 15 is 0 Å². The zero-order valence-corrected chi connectivity index (χ0v) is 16.5. The van der Waals surface area contributed by atoms with Crippen molar-refractivity contribution < 1.29 is 13.2 Å². The number of carbonyl (C=O) groups is 1. The minimum Gasteiger partial charge on any atom is -0.373 e. The SMILES string of the molecule is CN(CCNC(=O)c1ccc(N(C)S(C)(=O)=O)cc1Cl)c1ccccc1.